The quantitative estimate of drug-likeness (QED) is 0.142. The molecule has 6 rings (SSSR count). The topological polar surface area (TPSA) is 26.3 Å². The molecular formula is C81H138O2S2Se2. The van der Waals surface area contributed by atoms with E-state index in [2.05, 4.69) is 330 Å². The van der Waals surface area contributed by atoms with Crippen molar-refractivity contribution in [1.29, 1.82) is 0 Å². The molecule has 0 radical (unpaired) electrons. The van der Waals surface area contributed by atoms with Gasteiger partial charge in [0, 0.05) is 41.2 Å². The number of hydrogen-bond donors (Lipinski definition) is 0. The molecule has 0 spiro atoms. The summed E-state index contributed by atoms with van der Waals surface area (Å²) in [6.45, 7) is 102. The average Bonchev–Trinajstić information content (AvgIpc) is 3.83. The van der Waals surface area contributed by atoms with Crippen LogP contribution >= 0.6 is 22.7 Å². The van der Waals surface area contributed by atoms with Gasteiger partial charge in [0.05, 0.1) is 0 Å². The Kier molecular flexibility index (Phi) is 27.3. The van der Waals surface area contributed by atoms with Gasteiger partial charge in [-0.05, 0) is 109 Å². The zero-order valence-electron chi connectivity index (χ0n) is 65.7. The Balaban J connectivity index is 0.000000522. The summed E-state index contributed by atoms with van der Waals surface area (Å²) in [5.41, 5.74) is 15.9. The maximum absolute atomic E-state index is 6.07. The molecule has 0 N–H and O–H groups in total. The molecule has 87 heavy (non-hydrogen) atoms. The molecule has 6 heteroatoms. The average molecular weight is 1370 g/mol. The van der Waals surface area contributed by atoms with E-state index < -0.39 is 0 Å². The second-order valence-corrected chi connectivity index (χ2v) is 44.3. The van der Waals surface area contributed by atoms with Crippen molar-refractivity contribution < 1.29 is 8.83 Å². The summed E-state index contributed by atoms with van der Waals surface area (Å²) >= 11 is 5.13. The normalized spacial score (nSPS) is 13.3. The van der Waals surface area contributed by atoms with Crippen LogP contribution in [0.1, 0.15) is 360 Å². The standard InChI is InChI=1S/C14H24O.C14H24S.C14H24Se.C13H22O.C13H22S.C13H22Se/c3*1-9-10(2)12(14(6,7)8)15-11(9)13(3,4)5;3*1-9-8-10(12(2,3)4)14-11(9)13(5,6)7/h3*1-8H3;3*8H,1-7H3. The van der Waals surface area contributed by atoms with Crippen molar-refractivity contribution in [1.82, 2.24) is 0 Å². The monoisotopic (exact) mass is 1370 g/mol. The van der Waals surface area contributed by atoms with Crippen molar-refractivity contribution in [2.24, 2.45) is 0 Å². The van der Waals surface area contributed by atoms with Crippen molar-refractivity contribution in [2.75, 3.05) is 0 Å². The van der Waals surface area contributed by atoms with E-state index in [-0.39, 0.29) is 37.9 Å². The molecule has 0 aliphatic heterocycles. The molecule has 6 aromatic heterocycles. The summed E-state index contributed by atoms with van der Waals surface area (Å²) in [7, 11) is 0. The van der Waals surface area contributed by atoms with E-state index in [1.165, 1.54) is 48.7 Å². The van der Waals surface area contributed by atoms with E-state index in [9.17, 15) is 0 Å². The van der Waals surface area contributed by atoms with Gasteiger partial charge in [0.15, 0.2) is 0 Å². The van der Waals surface area contributed by atoms with Gasteiger partial charge in [-0.2, -0.15) is 0 Å². The Morgan fingerprint density at radius 2 is 0.598 bits per heavy atom. The predicted octanol–water partition coefficient (Wildman–Crippen LogP) is 25.9. The summed E-state index contributed by atoms with van der Waals surface area (Å²) in [6, 6.07) is 6.94. The number of aryl methyl sites for hydroxylation is 3. The Bertz CT molecular complexity index is 2690. The number of hydrogen-bond acceptors (Lipinski definition) is 4. The van der Waals surface area contributed by atoms with Crippen LogP contribution in [0.3, 0.4) is 0 Å². The van der Waals surface area contributed by atoms with Gasteiger partial charge in [-0.1, -0.05) is 166 Å². The Hall–Kier alpha value is -2.04. The largest absolute Gasteiger partial charge is 0.465 e. The van der Waals surface area contributed by atoms with Crippen LogP contribution in [0, 0.1) is 62.3 Å². The summed E-state index contributed by atoms with van der Waals surface area (Å²) in [4.78, 5) is 6.12. The Labute approximate surface area is 561 Å². The van der Waals surface area contributed by atoms with Crippen molar-refractivity contribution in [3.63, 3.8) is 0 Å². The van der Waals surface area contributed by atoms with Gasteiger partial charge in [0.2, 0.25) is 0 Å². The summed E-state index contributed by atoms with van der Waals surface area (Å²) in [6.07, 6.45) is 0. The van der Waals surface area contributed by atoms with Gasteiger partial charge in [-0.25, -0.2) is 0 Å². The molecule has 6 aromatic rings. The first-order valence-corrected chi connectivity index (χ1v) is 37.7. The molecule has 0 bridgehead atoms. The number of furan rings is 2. The van der Waals surface area contributed by atoms with Crippen molar-refractivity contribution in [2.45, 2.75) is 377 Å². The fourth-order valence-electron chi connectivity index (χ4n) is 10.9. The van der Waals surface area contributed by atoms with Crippen molar-refractivity contribution in [3.8, 4) is 0 Å². The minimum absolute atomic E-state index is 0.0956. The molecule has 0 saturated heterocycles. The molecule has 6 heterocycles. The second kappa shape index (κ2) is 28.7. The molecule has 0 aliphatic rings. The van der Waals surface area contributed by atoms with Crippen LogP contribution in [0.5, 0.6) is 0 Å². The molecule has 0 saturated carbocycles. The van der Waals surface area contributed by atoms with Gasteiger partial charge in [0.25, 0.3) is 0 Å². The zero-order chi connectivity index (χ0) is 69.5. The molecule has 2 nitrogen and oxygen atoms in total. The summed E-state index contributed by atoms with van der Waals surface area (Å²) in [5, 5.41) is 0. The zero-order valence-corrected chi connectivity index (χ0v) is 70.7. The van der Waals surface area contributed by atoms with Gasteiger partial charge in [-0.15, -0.1) is 22.7 Å². The predicted molar refractivity (Wildman–Crippen MR) is 400 cm³/mol. The molecule has 0 aliphatic carbocycles. The van der Waals surface area contributed by atoms with Gasteiger partial charge < -0.3 is 8.83 Å². The third kappa shape index (κ3) is 23.8. The van der Waals surface area contributed by atoms with Crippen LogP contribution in [-0.4, -0.2) is 29.0 Å². The van der Waals surface area contributed by atoms with Crippen LogP contribution in [0.15, 0.2) is 27.0 Å². The van der Waals surface area contributed by atoms with Crippen LogP contribution in [0.4, 0.5) is 0 Å². The molecule has 0 aromatic carbocycles. The van der Waals surface area contributed by atoms with E-state index in [1.54, 1.807) is 38.6 Å². The van der Waals surface area contributed by atoms with E-state index in [0.717, 1.165) is 23.0 Å². The third-order valence-electron chi connectivity index (χ3n) is 15.4. The maximum Gasteiger partial charge on any atom is 0.112 e. The fourth-order valence-corrected chi connectivity index (χ4v) is 19.3. The Morgan fingerprint density at radius 1 is 0.253 bits per heavy atom. The van der Waals surface area contributed by atoms with Crippen molar-refractivity contribution >= 4 is 51.7 Å². The van der Waals surface area contributed by atoms with E-state index in [0.29, 0.717) is 56.1 Å². The molecule has 0 amide bonds. The van der Waals surface area contributed by atoms with E-state index in [1.807, 2.05) is 22.7 Å². The minimum atomic E-state index is 0.0956. The van der Waals surface area contributed by atoms with E-state index >= 15 is 0 Å². The maximum atomic E-state index is 6.07. The van der Waals surface area contributed by atoms with Crippen LogP contribution in [0.2, 0.25) is 0 Å². The van der Waals surface area contributed by atoms with Crippen molar-refractivity contribution in [3.05, 3.63) is 129 Å². The molecular weight excluding hydrogens is 1230 g/mol. The van der Waals surface area contributed by atoms with Crippen LogP contribution in [-0.2, 0) is 65.0 Å². The Morgan fingerprint density at radius 3 is 0.770 bits per heavy atom. The second-order valence-electron chi connectivity index (χ2n) is 37.9. The number of rotatable bonds is 0. The van der Waals surface area contributed by atoms with Gasteiger partial charge in [-0.3, -0.25) is 0 Å². The van der Waals surface area contributed by atoms with E-state index in [4.69, 9.17) is 8.83 Å². The first-order valence-electron chi connectivity index (χ1n) is 32.7. The molecule has 498 valence electrons. The van der Waals surface area contributed by atoms with Gasteiger partial charge >= 0.3 is 195 Å². The first kappa shape index (κ1) is 83.0. The first-order chi connectivity index (χ1) is 38.0. The summed E-state index contributed by atoms with van der Waals surface area (Å²) < 4.78 is 18.7. The van der Waals surface area contributed by atoms with Crippen LogP contribution in [0.25, 0.3) is 0 Å². The molecule has 0 fully saturated rings. The minimum Gasteiger partial charge on any atom is -0.465 e. The number of thiophene rings is 2. The SMILES string of the molecule is Cc1c(C(C)(C)C)[se]c(C(C)(C)C)c1C.Cc1c(C(C)(C)C)oc(C(C)(C)C)c1C.Cc1c(C(C)(C)C)sc(C(C)(C)C)c1C.Cc1cc(C(C)(C)C)[se]c1C(C)(C)C.Cc1cc(C(C)(C)C)oc1C(C)(C)C.Cc1cc(C(C)(C)C)sc1C(C)(C)C. The summed E-state index contributed by atoms with van der Waals surface area (Å²) in [5.74, 6) is 4.46. The third-order valence-corrected chi connectivity index (χ3v) is 28.9. The smallest absolute Gasteiger partial charge is 0.112 e. The fraction of sp³-hybridized carbons (Fsp3) is 0.704. The van der Waals surface area contributed by atoms with Crippen LogP contribution < -0.4 is 0 Å². The molecule has 0 unspecified atom stereocenters. The molecule has 0 atom stereocenters. The van der Waals surface area contributed by atoms with Gasteiger partial charge in [0.1, 0.15) is 23.0 Å².